The van der Waals surface area contributed by atoms with Crippen molar-refractivity contribution in [2.75, 3.05) is 7.11 Å². The van der Waals surface area contributed by atoms with Gasteiger partial charge < -0.3 is 9.30 Å². The molecule has 30 heavy (non-hydrogen) atoms. The van der Waals surface area contributed by atoms with E-state index in [0.29, 0.717) is 16.1 Å². The number of aryl methyl sites for hydroxylation is 1. The highest BCUT2D eigenvalue weighted by Gasteiger charge is 2.16. The standard InChI is InChI=1S/C25H22N2O2S/c1-17-9-11-18(12-10-17)22-23(19-7-5-4-6-8-19)30-25(27(22)2)26-24(28)20-13-15-21(29-3)16-14-20/h4-16H,1-3H3. The van der Waals surface area contributed by atoms with E-state index >= 15 is 0 Å². The molecule has 4 nitrogen and oxygen atoms in total. The molecule has 0 unspecified atom stereocenters. The minimum absolute atomic E-state index is 0.274. The van der Waals surface area contributed by atoms with Crippen LogP contribution >= 0.6 is 11.3 Å². The summed E-state index contributed by atoms with van der Waals surface area (Å²) >= 11 is 1.52. The van der Waals surface area contributed by atoms with E-state index in [1.54, 1.807) is 31.4 Å². The predicted octanol–water partition coefficient (Wildman–Crippen LogP) is 5.48. The highest BCUT2D eigenvalue weighted by molar-refractivity contribution is 7.13. The molecular formula is C25H22N2O2S. The predicted molar refractivity (Wildman–Crippen MR) is 122 cm³/mol. The van der Waals surface area contributed by atoms with E-state index in [0.717, 1.165) is 21.7 Å². The quantitative estimate of drug-likeness (QED) is 0.444. The normalized spacial score (nSPS) is 11.5. The number of aromatic nitrogens is 1. The zero-order valence-electron chi connectivity index (χ0n) is 17.1. The molecule has 1 heterocycles. The Morgan fingerprint density at radius 2 is 1.57 bits per heavy atom. The molecule has 0 aliphatic rings. The van der Waals surface area contributed by atoms with Gasteiger partial charge in [-0.2, -0.15) is 4.99 Å². The Labute approximate surface area is 179 Å². The zero-order chi connectivity index (χ0) is 21.1. The topological polar surface area (TPSA) is 43.6 Å². The maximum atomic E-state index is 12.8. The SMILES string of the molecule is COc1ccc(C(=O)N=c2sc(-c3ccccc3)c(-c3ccc(C)cc3)n2C)cc1. The highest BCUT2D eigenvalue weighted by atomic mass is 32.1. The summed E-state index contributed by atoms with van der Waals surface area (Å²) in [6.07, 6.45) is 0. The van der Waals surface area contributed by atoms with Gasteiger partial charge in [0.1, 0.15) is 5.75 Å². The number of benzene rings is 3. The molecule has 0 spiro atoms. The molecule has 0 atom stereocenters. The van der Waals surface area contributed by atoms with Crippen molar-refractivity contribution < 1.29 is 9.53 Å². The molecule has 0 fully saturated rings. The van der Waals surface area contributed by atoms with Gasteiger partial charge in [0.2, 0.25) is 0 Å². The van der Waals surface area contributed by atoms with Crippen molar-refractivity contribution in [3.63, 3.8) is 0 Å². The third kappa shape index (κ3) is 3.98. The first kappa shape index (κ1) is 19.9. The van der Waals surface area contributed by atoms with Crippen LogP contribution in [0.15, 0.2) is 83.9 Å². The average Bonchev–Trinajstić information content (AvgIpc) is 3.11. The average molecular weight is 415 g/mol. The summed E-state index contributed by atoms with van der Waals surface area (Å²) in [5.74, 6) is 0.436. The van der Waals surface area contributed by atoms with Crippen molar-refractivity contribution in [1.29, 1.82) is 0 Å². The van der Waals surface area contributed by atoms with E-state index in [1.165, 1.54) is 16.9 Å². The number of carbonyl (C=O) groups excluding carboxylic acids is 1. The van der Waals surface area contributed by atoms with Gasteiger partial charge in [0.05, 0.1) is 17.7 Å². The van der Waals surface area contributed by atoms with Crippen LogP contribution in [0.3, 0.4) is 0 Å². The van der Waals surface area contributed by atoms with Gasteiger partial charge >= 0.3 is 0 Å². The fraction of sp³-hybridized carbons (Fsp3) is 0.120. The van der Waals surface area contributed by atoms with Gasteiger partial charge in [0, 0.05) is 12.6 Å². The van der Waals surface area contributed by atoms with E-state index in [2.05, 4.69) is 48.3 Å². The maximum absolute atomic E-state index is 12.8. The number of amides is 1. The molecule has 4 aromatic rings. The molecule has 0 aliphatic carbocycles. The van der Waals surface area contributed by atoms with Crippen molar-refractivity contribution in [1.82, 2.24) is 4.57 Å². The van der Waals surface area contributed by atoms with Gasteiger partial charge in [-0.15, -0.1) is 0 Å². The minimum atomic E-state index is -0.274. The number of hydrogen-bond donors (Lipinski definition) is 0. The Morgan fingerprint density at radius 3 is 2.20 bits per heavy atom. The molecule has 4 rings (SSSR count). The Balaban J connectivity index is 1.85. The van der Waals surface area contributed by atoms with Gasteiger partial charge in [0.25, 0.3) is 5.91 Å². The number of ether oxygens (including phenoxy) is 1. The summed E-state index contributed by atoms with van der Waals surface area (Å²) in [5.41, 5.74) is 4.98. The number of methoxy groups -OCH3 is 1. The van der Waals surface area contributed by atoms with E-state index in [4.69, 9.17) is 4.74 Å². The fourth-order valence-corrected chi connectivity index (χ4v) is 4.40. The molecule has 1 amide bonds. The first-order chi connectivity index (χ1) is 14.6. The molecule has 0 saturated heterocycles. The molecule has 150 valence electrons. The lowest BCUT2D eigenvalue weighted by Crippen LogP contribution is -2.14. The molecule has 5 heteroatoms. The summed E-state index contributed by atoms with van der Waals surface area (Å²) in [7, 11) is 3.56. The molecule has 0 N–H and O–H groups in total. The van der Waals surface area contributed by atoms with Gasteiger partial charge in [-0.25, -0.2) is 0 Å². The Morgan fingerprint density at radius 1 is 0.900 bits per heavy atom. The van der Waals surface area contributed by atoms with Crippen molar-refractivity contribution in [3.8, 4) is 27.4 Å². The molecule has 0 saturated carbocycles. The third-order valence-electron chi connectivity index (χ3n) is 4.93. The maximum Gasteiger partial charge on any atom is 0.279 e. The molecule has 0 bridgehead atoms. The molecule has 0 radical (unpaired) electrons. The lowest BCUT2D eigenvalue weighted by molar-refractivity contribution is 0.0998. The van der Waals surface area contributed by atoms with Crippen molar-refractivity contribution in [2.24, 2.45) is 12.0 Å². The number of rotatable bonds is 4. The number of carbonyl (C=O) groups is 1. The van der Waals surface area contributed by atoms with Gasteiger partial charge in [-0.3, -0.25) is 4.79 Å². The van der Waals surface area contributed by atoms with Crippen LogP contribution in [0.25, 0.3) is 21.7 Å². The first-order valence-corrected chi connectivity index (χ1v) is 10.4. The van der Waals surface area contributed by atoms with Crippen LogP contribution in [0.5, 0.6) is 5.75 Å². The van der Waals surface area contributed by atoms with Crippen LogP contribution in [-0.2, 0) is 7.05 Å². The van der Waals surface area contributed by atoms with Crippen molar-refractivity contribution in [3.05, 3.63) is 94.8 Å². The lowest BCUT2D eigenvalue weighted by atomic mass is 10.1. The largest absolute Gasteiger partial charge is 0.497 e. The van der Waals surface area contributed by atoms with E-state index in [9.17, 15) is 4.79 Å². The monoisotopic (exact) mass is 414 g/mol. The van der Waals surface area contributed by atoms with E-state index < -0.39 is 0 Å². The number of nitrogens with zero attached hydrogens (tertiary/aromatic N) is 2. The van der Waals surface area contributed by atoms with Gasteiger partial charge in [-0.1, -0.05) is 71.5 Å². The smallest absolute Gasteiger partial charge is 0.279 e. The minimum Gasteiger partial charge on any atom is -0.497 e. The third-order valence-corrected chi connectivity index (χ3v) is 6.11. The molecule has 0 aliphatic heterocycles. The van der Waals surface area contributed by atoms with Gasteiger partial charge in [-0.05, 0) is 42.3 Å². The van der Waals surface area contributed by atoms with Crippen molar-refractivity contribution in [2.45, 2.75) is 6.92 Å². The van der Waals surface area contributed by atoms with Crippen LogP contribution in [0.2, 0.25) is 0 Å². The lowest BCUT2D eigenvalue weighted by Gasteiger charge is -2.08. The second-order valence-electron chi connectivity index (χ2n) is 7.00. The summed E-state index contributed by atoms with van der Waals surface area (Å²) in [6.45, 7) is 2.07. The summed E-state index contributed by atoms with van der Waals surface area (Å²) in [5, 5.41) is 0. The van der Waals surface area contributed by atoms with Crippen LogP contribution in [0.4, 0.5) is 0 Å². The van der Waals surface area contributed by atoms with Crippen molar-refractivity contribution >= 4 is 17.2 Å². The number of hydrogen-bond acceptors (Lipinski definition) is 3. The van der Waals surface area contributed by atoms with Crippen LogP contribution in [0.1, 0.15) is 15.9 Å². The summed E-state index contributed by atoms with van der Waals surface area (Å²) in [4.78, 5) is 19.0. The van der Waals surface area contributed by atoms with E-state index in [1.807, 2.05) is 29.8 Å². The summed E-state index contributed by atoms with van der Waals surface area (Å²) in [6, 6.07) is 25.6. The fourth-order valence-electron chi connectivity index (χ4n) is 3.26. The van der Waals surface area contributed by atoms with Gasteiger partial charge in [0.15, 0.2) is 4.80 Å². The Bertz CT molecular complexity index is 1240. The second kappa shape index (κ2) is 8.51. The highest BCUT2D eigenvalue weighted by Crippen LogP contribution is 2.34. The van der Waals surface area contributed by atoms with Crippen LogP contribution < -0.4 is 9.54 Å². The Kier molecular flexibility index (Phi) is 5.63. The summed E-state index contributed by atoms with van der Waals surface area (Å²) < 4.78 is 7.17. The first-order valence-electron chi connectivity index (χ1n) is 9.62. The number of thiazole rings is 1. The molecule has 1 aromatic heterocycles. The van der Waals surface area contributed by atoms with E-state index in [-0.39, 0.29) is 5.91 Å². The Hall–Kier alpha value is -3.44. The molecule has 3 aromatic carbocycles. The second-order valence-corrected chi connectivity index (χ2v) is 7.98. The van der Waals surface area contributed by atoms with Crippen LogP contribution in [0, 0.1) is 6.92 Å². The molecular weight excluding hydrogens is 392 g/mol. The van der Waals surface area contributed by atoms with Crippen LogP contribution in [-0.4, -0.2) is 17.6 Å². The zero-order valence-corrected chi connectivity index (χ0v) is 17.9.